The molecule has 0 spiro atoms. The van der Waals surface area contributed by atoms with E-state index in [9.17, 15) is 8.42 Å². The Hall–Kier alpha value is -0.550. The van der Waals surface area contributed by atoms with E-state index >= 15 is 0 Å². The van der Waals surface area contributed by atoms with Gasteiger partial charge in [-0.25, -0.2) is 0 Å². The molecule has 1 atom stereocenters. The summed E-state index contributed by atoms with van der Waals surface area (Å²) in [5.41, 5.74) is 0. The Kier molecular flexibility index (Phi) is 3.54. The molecule has 2 N–H and O–H groups in total. The van der Waals surface area contributed by atoms with Crippen molar-refractivity contribution in [1.29, 1.82) is 0 Å². The van der Waals surface area contributed by atoms with Gasteiger partial charge in [0, 0.05) is 0 Å². The Morgan fingerprint density at radius 3 is 2.09 bits per heavy atom. The molecule has 66 valence electrons. The predicted octanol–water partition coefficient (Wildman–Crippen LogP) is 0.589. The van der Waals surface area contributed by atoms with Crippen LogP contribution in [0, 0.1) is 5.92 Å². The van der Waals surface area contributed by atoms with Gasteiger partial charge in [-0.15, -0.1) is 0 Å². The maximum atomic E-state index is 10.6. The predicted molar refractivity (Wildman–Crippen MR) is 43.5 cm³/mol. The molecule has 0 heterocycles. The van der Waals surface area contributed by atoms with Crippen LogP contribution in [-0.2, 0) is 10.1 Å². The lowest BCUT2D eigenvalue weighted by Crippen LogP contribution is -2.37. The zero-order valence-corrected chi connectivity index (χ0v) is 7.43. The third-order valence-electron chi connectivity index (χ3n) is 1.21. The Morgan fingerprint density at radius 2 is 2.00 bits per heavy atom. The number of hydrogen-bond acceptors (Lipinski definition) is 3. The lowest BCUT2D eigenvalue weighted by Gasteiger charge is -2.17. The van der Waals surface area contributed by atoms with E-state index in [1.807, 2.05) is 0 Å². The van der Waals surface area contributed by atoms with Gasteiger partial charge in [-0.1, -0.05) is 20.4 Å². The Labute approximate surface area is 67.1 Å². The van der Waals surface area contributed by atoms with Gasteiger partial charge in [-0.05, 0) is 12.1 Å². The summed E-state index contributed by atoms with van der Waals surface area (Å²) >= 11 is 0. The first-order chi connectivity index (χ1) is 4.89. The zero-order valence-electron chi connectivity index (χ0n) is 6.61. The third kappa shape index (κ3) is 3.38. The van der Waals surface area contributed by atoms with Gasteiger partial charge in [-0.3, -0.25) is 4.55 Å². The highest BCUT2D eigenvalue weighted by Crippen LogP contribution is 2.07. The van der Waals surface area contributed by atoms with Crippen LogP contribution in [0.25, 0.3) is 0 Å². The molecule has 0 aliphatic heterocycles. The first-order valence-corrected chi connectivity index (χ1v) is 4.73. The lowest BCUT2D eigenvalue weighted by molar-refractivity contribution is 0.428. The van der Waals surface area contributed by atoms with E-state index in [2.05, 4.69) is 11.9 Å². The van der Waals surface area contributed by atoms with Crippen molar-refractivity contribution in [1.82, 2.24) is 5.32 Å². The van der Waals surface area contributed by atoms with Gasteiger partial charge in [0.1, 0.15) is 0 Å². The largest absolute Gasteiger partial charge is 0.373 e. The second-order valence-corrected chi connectivity index (χ2v) is 4.09. The summed E-state index contributed by atoms with van der Waals surface area (Å²) in [4.78, 5) is 0. The molecule has 0 amide bonds. The van der Waals surface area contributed by atoms with E-state index in [1.54, 1.807) is 13.8 Å². The monoisotopic (exact) mass is 179 g/mol. The van der Waals surface area contributed by atoms with Crippen LogP contribution in [-0.4, -0.2) is 18.3 Å². The van der Waals surface area contributed by atoms with E-state index in [-0.39, 0.29) is 5.92 Å². The zero-order chi connectivity index (χ0) is 9.07. The summed E-state index contributed by atoms with van der Waals surface area (Å²) in [7, 11) is -4.01. The van der Waals surface area contributed by atoms with Crippen LogP contribution in [0.3, 0.4) is 0 Å². The second-order valence-electron chi connectivity index (χ2n) is 2.55. The van der Waals surface area contributed by atoms with Crippen molar-refractivity contribution in [2.45, 2.75) is 19.2 Å². The number of hydrogen-bond donors (Lipinski definition) is 2. The van der Waals surface area contributed by atoms with E-state index in [4.69, 9.17) is 4.55 Å². The van der Waals surface area contributed by atoms with E-state index in [0.717, 1.165) is 0 Å². The molecule has 0 aromatic rings. The second kappa shape index (κ2) is 3.73. The Morgan fingerprint density at radius 1 is 1.55 bits per heavy atom. The molecule has 0 saturated carbocycles. The van der Waals surface area contributed by atoms with Crippen LogP contribution in [0.2, 0.25) is 0 Å². The van der Waals surface area contributed by atoms with Gasteiger partial charge >= 0.3 is 0 Å². The highest BCUT2D eigenvalue weighted by molar-refractivity contribution is 7.86. The summed E-state index contributed by atoms with van der Waals surface area (Å²) in [5.74, 6) is -0.192. The van der Waals surface area contributed by atoms with Crippen molar-refractivity contribution in [2.24, 2.45) is 5.92 Å². The molecule has 0 aliphatic carbocycles. The van der Waals surface area contributed by atoms with E-state index < -0.39 is 15.5 Å². The van der Waals surface area contributed by atoms with Crippen LogP contribution in [0.1, 0.15) is 13.8 Å². The average molecular weight is 179 g/mol. The van der Waals surface area contributed by atoms with Crippen molar-refractivity contribution in [3.05, 3.63) is 12.8 Å². The quantitative estimate of drug-likeness (QED) is 0.620. The molecule has 0 aliphatic rings. The summed E-state index contributed by atoms with van der Waals surface area (Å²) in [6.07, 6.45) is 1.25. The summed E-state index contributed by atoms with van der Waals surface area (Å²) in [6.45, 7) is 6.69. The first-order valence-electron chi connectivity index (χ1n) is 3.23. The molecule has 0 radical (unpaired) electrons. The van der Waals surface area contributed by atoms with Crippen molar-refractivity contribution >= 4 is 10.1 Å². The minimum atomic E-state index is -4.01. The Balaban J connectivity index is 4.48. The molecule has 1 unspecified atom stereocenters. The first kappa shape index (κ1) is 10.4. The topological polar surface area (TPSA) is 66.4 Å². The maximum absolute atomic E-state index is 10.6. The maximum Gasteiger partial charge on any atom is 0.286 e. The van der Waals surface area contributed by atoms with Gasteiger partial charge in [-0.2, -0.15) is 8.42 Å². The fourth-order valence-corrected chi connectivity index (χ4v) is 1.69. The van der Waals surface area contributed by atoms with Crippen LogP contribution in [0.15, 0.2) is 12.8 Å². The van der Waals surface area contributed by atoms with Crippen LogP contribution < -0.4 is 5.32 Å². The molecule has 0 aromatic carbocycles. The minimum Gasteiger partial charge on any atom is -0.373 e. The third-order valence-corrected chi connectivity index (χ3v) is 2.53. The highest BCUT2D eigenvalue weighted by atomic mass is 32.2. The molecule has 4 nitrogen and oxygen atoms in total. The highest BCUT2D eigenvalue weighted by Gasteiger charge is 2.24. The molecule has 5 heteroatoms. The van der Waals surface area contributed by atoms with Gasteiger partial charge in [0.25, 0.3) is 10.1 Å². The van der Waals surface area contributed by atoms with Crippen molar-refractivity contribution in [3.63, 3.8) is 0 Å². The summed E-state index contributed by atoms with van der Waals surface area (Å²) in [5, 5.41) is 1.49. The SMILES string of the molecule is C=CNC(C(C)C)S(=O)(=O)O. The molecular weight excluding hydrogens is 166 g/mol. The van der Waals surface area contributed by atoms with Crippen LogP contribution in [0.4, 0.5) is 0 Å². The van der Waals surface area contributed by atoms with Gasteiger partial charge in [0.2, 0.25) is 0 Å². The molecular formula is C6H13NO3S. The summed E-state index contributed by atoms with van der Waals surface area (Å²) < 4.78 is 29.9. The van der Waals surface area contributed by atoms with E-state index in [1.165, 1.54) is 6.20 Å². The van der Waals surface area contributed by atoms with Gasteiger partial charge in [0.05, 0.1) is 0 Å². The van der Waals surface area contributed by atoms with Gasteiger partial charge in [0.15, 0.2) is 5.37 Å². The molecule has 0 bridgehead atoms. The minimum absolute atomic E-state index is 0.192. The van der Waals surface area contributed by atoms with Crippen LogP contribution in [0.5, 0.6) is 0 Å². The summed E-state index contributed by atoms with van der Waals surface area (Å²) in [6, 6.07) is 0. The van der Waals surface area contributed by atoms with Crippen LogP contribution >= 0.6 is 0 Å². The molecule has 0 saturated heterocycles. The normalized spacial score (nSPS) is 14.5. The lowest BCUT2D eigenvalue weighted by atomic mass is 10.2. The molecule has 0 rings (SSSR count). The molecule has 0 fully saturated rings. The molecule has 0 aromatic heterocycles. The fourth-order valence-electron chi connectivity index (χ4n) is 0.739. The van der Waals surface area contributed by atoms with Crippen molar-refractivity contribution in [2.75, 3.05) is 0 Å². The molecule has 11 heavy (non-hydrogen) atoms. The number of nitrogens with one attached hydrogen (secondary N) is 1. The van der Waals surface area contributed by atoms with Crippen molar-refractivity contribution < 1.29 is 13.0 Å². The van der Waals surface area contributed by atoms with Crippen molar-refractivity contribution in [3.8, 4) is 0 Å². The Bertz CT molecular complexity index is 220. The fraction of sp³-hybridized carbons (Fsp3) is 0.667. The number of rotatable bonds is 4. The van der Waals surface area contributed by atoms with Gasteiger partial charge < -0.3 is 5.32 Å². The average Bonchev–Trinajstić information content (AvgIpc) is 1.79. The standard InChI is InChI=1S/C6H13NO3S/c1-4-7-6(5(2)3)11(8,9)10/h4-7H,1H2,2-3H3,(H,8,9,10). The van der Waals surface area contributed by atoms with E-state index in [0.29, 0.717) is 0 Å². The smallest absolute Gasteiger partial charge is 0.286 e.